The summed E-state index contributed by atoms with van der Waals surface area (Å²) in [6.07, 6.45) is 5.62. The molecule has 3 N–H and O–H groups in total. The van der Waals surface area contributed by atoms with Crippen molar-refractivity contribution in [2.75, 3.05) is 0 Å². The first-order valence-corrected chi connectivity index (χ1v) is 6.82. The quantitative estimate of drug-likeness (QED) is 0.828. The highest BCUT2D eigenvalue weighted by atomic mass is 16.2. The first-order chi connectivity index (χ1) is 9.82. The van der Waals surface area contributed by atoms with E-state index in [0.29, 0.717) is 23.1 Å². The number of hydrogen-bond donors (Lipinski definition) is 2. The minimum Gasteiger partial charge on any atom is -0.368 e. The minimum atomic E-state index is -0.740. The SMILES string of the molecule is CC(C)[C@H](NC(=O)c1cn(C)c(=O)c2c1C=CC2)C(N)=O. The molecule has 21 heavy (non-hydrogen) atoms. The van der Waals surface area contributed by atoms with Gasteiger partial charge in [-0.05, 0) is 17.9 Å². The molecule has 0 radical (unpaired) electrons. The fourth-order valence-electron chi connectivity index (χ4n) is 2.46. The zero-order chi connectivity index (χ0) is 15.7. The van der Waals surface area contributed by atoms with Crippen LogP contribution in [-0.2, 0) is 18.3 Å². The Hall–Kier alpha value is -2.37. The highest BCUT2D eigenvalue weighted by Gasteiger charge is 2.25. The molecule has 0 unspecified atom stereocenters. The summed E-state index contributed by atoms with van der Waals surface area (Å²) < 4.78 is 1.38. The number of nitrogens with two attached hydrogens (primary N) is 1. The van der Waals surface area contributed by atoms with Gasteiger partial charge in [-0.3, -0.25) is 14.4 Å². The van der Waals surface area contributed by atoms with E-state index in [-0.39, 0.29) is 11.5 Å². The van der Waals surface area contributed by atoms with Crippen molar-refractivity contribution in [3.05, 3.63) is 39.3 Å². The first-order valence-electron chi connectivity index (χ1n) is 6.82. The largest absolute Gasteiger partial charge is 0.368 e. The number of carbonyl (C=O) groups is 2. The topological polar surface area (TPSA) is 94.2 Å². The highest BCUT2D eigenvalue weighted by molar-refractivity contribution is 6.00. The number of aromatic nitrogens is 1. The number of fused-ring (bicyclic) bond motifs is 1. The molecule has 1 aromatic heterocycles. The van der Waals surface area contributed by atoms with Gasteiger partial charge in [-0.2, -0.15) is 0 Å². The van der Waals surface area contributed by atoms with Crippen LogP contribution in [-0.4, -0.2) is 22.4 Å². The molecule has 0 saturated carbocycles. The van der Waals surface area contributed by atoms with E-state index in [0.717, 1.165) is 0 Å². The number of primary amides is 1. The van der Waals surface area contributed by atoms with Gasteiger partial charge in [0.2, 0.25) is 5.91 Å². The van der Waals surface area contributed by atoms with Crippen molar-refractivity contribution >= 4 is 17.9 Å². The summed E-state index contributed by atoms with van der Waals surface area (Å²) in [5.74, 6) is -1.08. The van der Waals surface area contributed by atoms with E-state index < -0.39 is 17.9 Å². The molecule has 1 heterocycles. The fraction of sp³-hybridized carbons (Fsp3) is 0.400. The lowest BCUT2D eigenvalue weighted by atomic mass is 10.0. The van der Waals surface area contributed by atoms with Crippen molar-refractivity contribution in [2.24, 2.45) is 18.7 Å². The second-order valence-electron chi connectivity index (χ2n) is 5.56. The summed E-state index contributed by atoms with van der Waals surface area (Å²) >= 11 is 0. The van der Waals surface area contributed by atoms with Crippen LogP contribution in [0.3, 0.4) is 0 Å². The third-order valence-electron chi connectivity index (χ3n) is 3.63. The van der Waals surface area contributed by atoms with Crippen LogP contribution in [0.2, 0.25) is 0 Å². The van der Waals surface area contributed by atoms with Crippen LogP contribution in [0.25, 0.3) is 6.08 Å². The molecule has 2 amide bonds. The Morgan fingerprint density at radius 3 is 2.62 bits per heavy atom. The van der Waals surface area contributed by atoms with Crippen LogP contribution in [0.1, 0.15) is 35.3 Å². The predicted octanol–water partition coefficient (Wildman–Crippen LogP) is 0.194. The molecule has 0 spiro atoms. The molecular formula is C15H19N3O3. The number of aryl methyl sites for hydroxylation is 1. The summed E-state index contributed by atoms with van der Waals surface area (Å²) in [7, 11) is 1.60. The van der Waals surface area contributed by atoms with Gasteiger partial charge in [0, 0.05) is 18.8 Å². The number of allylic oxidation sites excluding steroid dienone is 1. The lowest BCUT2D eigenvalue weighted by molar-refractivity contribution is -0.120. The van der Waals surface area contributed by atoms with Crippen molar-refractivity contribution in [2.45, 2.75) is 26.3 Å². The number of rotatable bonds is 4. The number of hydrogen-bond acceptors (Lipinski definition) is 3. The molecule has 0 aliphatic heterocycles. The predicted molar refractivity (Wildman–Crippen MR) is 79.7 cm³/mol. The van der Waals surface area contributed by atoms with Gasteiger partial charge in [0.05, 0.1) is 5.56 Å². The number of carbonyl (C=O) groups excluding carboxylic acids is 2. The van der Waals surface area contributed by atoms with E-state index in [9.17, 15) is 14.4 Å². The van der Waals surface area contributed by atoms with Gasteiger partial charge in [0.25, 0.3) is 11.5 Å². The Balaban J connectivity index is 2.39. The van der Waals surface area contributed by atoms with Crippen LogP contribution in [0.4, 0.5) is 0 Å². The lowest BCUT2D eigenvalue weighted by Crippen LogP contribution is -2.48. The fourth-order valence-corrected chi connectivity index (χ4v) is 2.46. The molecule has 1 atom stereocenters. The van der Waals surface area contributed by atoms with Crippen LogP contribution in [0, 0.1) is 5.92 Å². The molecule has 1 aromatic rings. The van der Waals surface area contributed by atoms with Crippen molar-refractivity contribution in [1.29, 1.82) is 0 Å². The molecular weight excluding hydrogens is 270 g/mol. The zero-order valence-electron chi connectivity index (χ0n) is 12.3. The molecule has 0 fully saturated rings. The van der Waals surface area contributed by atoms with Gasteiger partial charge in [0.15, 0.2) is 0 Å². The van der Waals surface area contributed by atoms with E-state index >= 15 is 0 Å². The van der Waals surface area contributed by atoms with Crippen LogP contribution < -0.4 is 16.6 Å². The maximum absolute atomic E-state index is 12.4. The molecule has 2 rings (SSSR count). The summed E-state index contributed by atoms with van der Waals surface area (Å²) in [4.78, 5) is 35.8. The molecule has 0 saturated heterocycles. The van der Waals surface area contributed by atoms with Gasteiger partial charge < -0.3 is 15.6 Å². The summed E-state index contributed by atoms with van der Waals surface area (Å²) in [6, 6.07) is -0.740. The lowest BCUT2D eigenvalue weighted by Gasteiger charge is -2.20. The Morgan fingerprint density at radius 1 is 1.38 bits per heavy atom. The smallest absolute Gasteiger partial charge is 0.254 e. The average molecular weight is 289 g/mol. The Labute approximate surface area is 122 Å². The van der Waals surface area contributed by atoms with Crippen molar-refractivity contribution in [1.82, 2.24) is 9.88 Å². The number of nitrogens with one attached hydrogen (secondary N) is 1. The van der Waals surface area contributed by atoms with Crippen LogP contribution in [0.15, 0.2) is 17.1 Å². The molecule has 112 valence electrons. The third kappa shape index (κ3) is 2.74. The second kappa shape index (κ2) is 5.55. The average Bonchev–Trinajstić information content (AvgIpc) is 2.88. The van der Waals surface area contributed by atoms with E-state index in [4.69, 9.17) is 5.73 Å². The number of amides is 2. The molecule has 1 aliphatic carbocycles. The maximum atomic E-state index is 12.4. The van der Waals surface area contributed by atoms with Gasteiger partial charge in [-0.15, -0.1) is 0 Å². The van der Waals surface area contributed by atoms with E-state index in [1.807, 2.05) is 6.08 Å². The highest BCUT2D eigenvalue weighted by Crippen LogP contribution is 2.20. The Kier molecular flexibility index (Phi) is 3.97. The second-order valence-corrected chi connectivity index (χ2v) is 5.56. The maximum Gasteiger partial charge on any atom is 0.254 e. The monoisotopic (exact) mass is 289 g/mol. The summed E-state index contributed by atoms with van der Waals surface area (Å²) in [5, 5.41) is 2.65. The third-order valence-corrected chi connectivity index (χ3v) is 3.63. The molecule has 0 aromatic carbocycles. The van der Waals surface area contributed by atoms with Gasteiger partial charge in [0.1, 0.15) is 6.04 Å². The van der Waals surface area contributed by atoms with Gasteiger partial charge in [-0.25, -0.2) is 0 Å². The molecule has 0 bridgehead atoms. The Bertz CT molecular complexity index is 686. The van der Waals surface area contributed by atoms with Crippen LogP contribution >= 0.6 is 0 Å². The zero-order valence-corrected chi connectivity index (χ0v) is 12.3. The van der Waals surface area contributed by atoms with Gasteiger partial charge in [-0.1, -0.05) is 26.0 Å². The standard InChI is InChI=1S/C15H19N3O3/c1-8(2)12(13(16)19)17-14(20)11-7-18(3)15(21)10-6-4-5-9(10)11/h4-5,7-8,12H,6H2,1-3H3,(H2,16,19)(H,17,20)/t12-/m0/s1. The summed E-state index contributed by atoms with van der Waals surface area (Å²) in [6.45, 7) is 3.61. The van der Waals surface area contributed by atoms with E-state index in [1.54, 1.807) is 27.0 Å². The molecule has 1 aliphatic rings. The molecule has 6 heteroatoms. The first kappa shape index (κ1) is 15.0. The Morgan fingerprint density at radius 2 is 2.05 bits per heavy atom. The minimum absolute atomic E-state index is 0.109. The van der Waals surface area contributed by atoms with Gasteiger partial charge >= 0.3 is 0 Å². The number of pyridine rings is 1. The van der Waals surface area contributed by atoms with Crippen molar-refractivity contribution < 1.29 is 9.59 Å². The molecule has 6 nitrogen and oxygen atoms in total. The number of nitrogens with zero attached hydrogens (tertiary/aromatic N) is 1. The van der Waals surface area contributed by atoms with Crippen molar-refractivity contribution in [3.63, 3.8) is 0 Å². The van der Waals surface area contributed by atoms with E-state index in [1.165, 1.54) is 10.8 Å². The summed E-state index contributed by atoms with van der Waals surface area (Å²) in [5.41, 5.74) is 6.81. The van der Waals surface area contributed by atoms with Crippen LogP contribution in [0.5, 0.6) is 0 Å². The van der Waals surface area contributed by atoms with E-state index in [2.05, 4.69) is 5.32 Å². The van der Waals surface area contributed by atoms with Crippen molar-refractivity contribution in [3.8, 4) is 0 Å². The normalized spacial score (nSPS) is 14.1.